The molecule has 1 fully saturated rings. The first-order valence-electron chi connectivity index (χ1n) is 9.19. The Hall–Kier alpha value is -3.54. The summed E-state index contributed by atoms with van der Waals surface area (Å²) < 4.78 is 0. The van der Waals surface area contributed by atoms with E-state index in [1.54, 1.807) is 18.5 Å². The number of carbonyl (C=O) groups is 2. The number of nitrogens with zero attached hydrogens (tertiary/aromatic N) is 2. The highest BCUT2D eigenvalue weighted by Gasteiger charge is 2.30. The van der Waals surface area contributed by atoms with Crippen LogP contribution in [0.5, 0.6) is 0 Å². The van der Waals surface area contributed by atoms with Crippen LogP contribution in [0.4, 0.5) is 5.82 Å². The van der Waals surface area contributed by atoms with Crippen LogP contribution >= 0.6 is 0 Å². The normalized spacial score (nSPS) is 13.1. The first kappa shape index (κ1) is 17.9. The fraction of sp³-hybridized carbons (Fsp3) is 0.182. The number of hydrogen-bond acceptors (Lipinski definition) is 4. The van der Waals surface area contributed by atoms with E-state index in [0.717, 1.165) is 24.0 Å². The summed E-state index contributed by atoms with van der Waals surface area (Å²) in [6, 6.07) is 13.6. The van der Waals surface area contributed by atoms with Crippen molar-refractivity contribution < 1.29 is 9.59 Å². The van der Waals surface area contributed by atoms with Crippen molar-refractivity contribution in [3.05, 3.63) is 77.7 Å². The van der Waals surface area contributed by atoms with Gasteiger partial charge in [-0.15, -0.1) is 0 Å². The molecule has 1 aliphatic rings. The zero-order valence-electron chi connectivity index (χ0n) is 15.3. The molecule has 140 valence electrons. The van der Waals surface area contributed by atoms with Crippen molar-refractivity contribution in [3.63, 3.8) is 0 Å². The van der Waals surface area contributed by atoms with Gasteiger partial charge in [-0.2, -0.15) is 0 Å². The van der Waals surface area contributed by atoms with Crippen LogP contribution < -0.4 is 11.1 Å². The largest absolute Gasteiger partial charge is 0.366 e. The number of nitrogens with one attached hydrogen (secondary N) is 1. The molecule has 6 nitrogen and oxygen atoms in total. The number of carbonyl (C=O) groups excluding carboxylic acids is 2. The summed E-state index contributed by atoms with van der Waals surface area (Å²) in [5, 5.41) is 2.85. The summed E-state index contributed by atoms with van der Waals surface area (Å²) in [4.78, 5) is 32.9. The molecule has 0 saturated heterocycles. The van der Waals surface area contributed by atoms with Crippen molar-refractivity contribution in [2.75, 3.05) is 5.32 Å². The van der Waals surface area contributed by atoms with Gasteiger partial charge in [-0.1, -0.05) is 30.3 Å². The lowest BCUT2D eigenvalue weighted by Crippen LogP contribution is -2.18. The minimum atomic E-state index is -0.576. The molecule has 6 heteroatoms. The quantitative estimate of drug-likeness (QED) is 0.694. The van der Waals surface area contributed by atoms with E-state index in [0.29, 0.717) is 28.9 Å². The second-order valence-electron chi connectivity index (χ2n) is 6.95. The van der Waals surface area contributed by atoms with E-state index in [2.05, 4.69) is 15.3 Å². The van der Waals surface area contributed by atoms with E-state index in [1.165, 1.54) is 6.20 Å². The molecule has 3 aromatic rings. The molecule has 0 atom stereocenters. The second kappa shape index (κ2) is 7.60. The van der Waals surface area contributed by atoms with Crippen LogP contribution in [-0.2, 0) is 11.2 Å². The number of aromatic nitrogens is 2. The van der Waals surface area contributed by atoms with Crippen LogP contribution in [0.3, 0.4) is 0 Å². The molecule has 0 spiro atoms. The van der Waals surface area contributed by atoms with Crippen molar-refractivity contribution >= 4 is 17.6 Å². The first-order chi connectivity index (χ1) is 13.6. The second-order valence-corrected chi connectivity index (χ2v) is 6.95. The van der Waals surface area contributed by atoms with Crippen molar-refractivity contribution in [1.29, 1.82) is 0 Å². The van der Waals surface area contributed by atoms with Crippen LogP contribution in [0.15, 0.2) is 61.1 Å². The van der Waals surface area contributed by atoms with E-state index in [4.69, 9.17) is 5.73 Å². The third-order valence-electron chi connectivity index (χ3n) is 4.74. The molecule has 4 rings (SSSR count). The maximum Gasteiger partial charge on any atom is 0.249 e. The standard InChI is InChI=1S/C22H20N4O2/c23-20(27)18-8-9-25-21(26-22(28)16-6-7-16)19(18)17-11-15(12-24-13-17)10-14-4-2-1-3-5-14/h1-5,8-9,11-13,16H,6-7,10H2,(H2,23,27)(H,25,26,28). The number of benzene rings is 1. The topological polar surface area (TPSA) is 98.0 Å². The molecule has 2 amide bonds. The molecule has 0 unspecified atom stereocenters. The van der Waals surface area contributed by atoms with Gasteiger partial charge in [0.1, 0.15) is 5.82 Å². The molecular weight excluding hydrogens is 352 g/mol. The van der Waals surface area contributed by atoms with E-state index in [1.807, 2.05) is 36.4 Å². The van der Waals surface area contributed by atoms with Crippen LogP contribution in [0, 0.1) is 5.92 Å². The van der Waals surface area contributed by atoms with E-state index >= 15 is 0 Å². The Morgan fingerprint density at radius 3 is 2.57 bits per heavy atom. The van der Waals surface area contributed by atoms with Gasteiger partial charge in [0.25, 0.3) is 0 Å². The highest BCUT2D eigenvalue weighted by atomic mass is 16.2. The van der Waals surface area contributed by atoms with Gasteiger partial charge in [0.05, 0.1) is 5.56 Å². The van der Waals surface area contributed by atoms with Gasteiger partial charge in [-0.05, 0) is 42.5 Å². The molecule has 1 aromatic carbocycles. The number of rotatable bonds is 6. The Kier molecular flexibility index (Phi) is 4.85. The van der Waals surface area contributed by atoms with Gasteiger partial charge >= 0.3 is 0 Å². The lowest BCUT2D eigenvalue weighted by Gasteiger charge is -2.14. The van der Waals surface area contributed by atoms with Crippen molar-refractivity contribution in [3.8, 4) is 11.1 Å². The van der Waals surface area contributed by atoms with E-state index < -0.39 is 5.91 Å². The summed E-state index contributed by atoms with van der Waals surface area (Å²) in [6.07, 6.45) is 7.39. The van der Waals surface area contributed by atoms with Crippen LogP contribution in [0.25, 0.3) is 11.1 Å². The van der Waals surface area contributed by atoms with Crippen molar-refractivity contribution in [2.45, 2.75) is 19.3 Å². The first-order valence-corrected chi connectivity index (χ1v) is 9.19. The Morgan fingerprint density at radius 1 is 1.07 bits per heavy atom. The van der Waals surface area contributed by atoms with Crippen LogP contribution in [-0.4, -0.2) is 21.8 Å². The molecule has 1 aliphatic carbocycles. The zero-order valence-corrected chi connectivity index (χ0v) is 15.3. The fourth-order valence-corrected chi connectivity index (χ4v) is 3.17. The summed E-state index contributed by atoms with van der Waals surface area (Å²) in [6.45, 7) is 0. The molecule has 2 heterocycles. The molecule has 1 saturated carbocycles. The fourth-order valence-electron chi connectivity index (χ4n) is 3.17. The monoisotopic (exact) mass is 372 g/mol. The average molecular weight is 372 g/mol. The molecule has 3 N–H and O–H groups in total. The van der Waals surface area contributed by atoms with Gasteiger partial charge in [-0.3, -0.25) is 14.6 Å². The predicted octanol–water partition coefficient (Wildman–Crippen LogP) is 3.18. The SMILES string of the molecule is NC(=O)c1ccnc(NC(=O)C2CC2)c1-c1cncc(Cc2ccccc2)c1. The van der Waals surface area contributed by atoms with Crippen molar-refractivity contribution in [1.82, 2.24) is 9.97 Å². The maximum atomic E-state index is 12.3. The summed E-state index contributed by atoms with van der Waals surface area (Å²) >= 11 is 0. The molecule has 0 radical (unpaired) electrons. The minimum absolute atomic E-state index is 0.0226. The lowest BCUT2D eigenvalue weighted by atomic mass is 9.98. The third-order valence-corrected chi connectivity index (χ3v) is 4.74. The Bertz CT molecular complexity index is 1030. The number of pyridine rings is 2. The predicted molar refractivity (Wildman–Crippen MR) is 107 cm³/mol. The number of hydrogen-bond donors (Lipinski definition) is 2. The van der Waals surface area contributed by atoms with Crippen LogP contribution in [0.2, 0.25) is 0 Å². The van der Waals surface area contributed by atoms with E-state index in [-0.39, 0.29) is 11.8 Å². The molecule has 0 aliphatic heterocycles. The Balaban J connectivity index is 1.73. The third kappa shape index (κ3) is 3.91. The molecular formula is C22H20N4O2. The van der Waals surface area contributed by atoms with E-state index in [9.17, 15) is 9.59 Å². The minimum Gasteiger partial charge on any atom is -0.366 e. The number of nitrogens with two attached hydrogens (primary N) is 1. The summed E-state index contributed by atoms with van der Waals surface area (Å²) in [7, 11) is 0. The van der Waals surface area contributed by atoms with Gasteiger partial charge in [0.2, 0.25) is 11.8 Å². The molecule has 28 heavy (non-hydrogen) atoms. The van der Waals surface area contributed by atoms with Crippen molar-refractivity contribution in [2.24, 2.45) is 11.7 Å². The Labute approximate surface area is 162 Å². The number of primary amides is 1. The zero-order chi connectivity index (χ0) is 19.5. The van der Waals surface area contributed by atoms with Gasteiger partial charge in [-0.25, -0.2) is 4.98 Å². The smallest absolute Gasteiger partial charge is 0.249 e. The molecule has 2 aromatic heterocycles. The average Bonchev–Trinajstić information content (AvgIpc) is 3.54. The summed E-state index contributed by atoms with van der Waals surface area (Å²) in [5.74, 6) is -0.294. The lowest BCUT2D eigenvalue weighted by molar-refractivity contribution is -0.117. The Morgan fingerprint density at radius 2 is 1.86 bits per heavy atom. The van der Waals surface area contributed by atoms with Gasteiger partial charge in [0, 0.05) is 35.6 Å². The highest BCUT2D eigenvalue weighted by molar-refractivity contribution is 6.05. The van der Waals surface area contributed by atoms with Gasteiger partial charge in [0.15, 0.2) is 0 Å². The summed E-state index contributed by atoms with van der Waals surface area (Å²) in [5.41, 5.74) is 9.24. The molecule has 0 bridgehead atoms. The highest BCUT2D eigenvalue weighted by Crippen LogP contribution is 2.34. The maximum absolute atomic E-state index is 12.3. The number of anilines is 1. The van der Waals surface area contributed by atoms with Gasteiger partial charge < -0.3 is 11.1 Å². The number of amides is 2. The van der Waals surface area contributed by atoms with Crippen LogP contribution in [0.1, 0.15) is 34.3 Å².